The number of piperidine rings is 1. The molecule has 2 saturated heterocycles. The van der Waals surface area contributed by atoms with Crippen LogP contribution in [0, 0.1) is 0 Å². The summed E-state index contributed by atoms with van der Waals surface area (Å²) in [5.74, 6) is 0.0984. The largest absolute Gasteiger partial charge is 0.380 e. The van der Waals surface area contributed by atoms with E-state index in [0.717, 1.165) is 30.6 Å². The SMILES string of the molecule is COCc1ccccc1C(=O)N1CCO[C@@H]2CCN(C)C[C@H]21. The van der Waals surface area contributed by atoms with Gasteiger partial charge in [-0.3, -0.25) is 4.79 Å². The second-order valence-electron chi connectivity index (χ2n) is 6.12. The Bertz CT molecular complexity index is 534. The predicted octanol–water partition coefficient (Wildman–Crippen LogP) is 1.38. The summed E-state index contributed by atoms with van der Waals surface area (Å²) in [6.07, 6.45) is 1.16. The minimum atomic E-state index is 0.0984. The van der Waals surface area contributed by atoms with Gasteiger partial charge >= 0.3 is 0 Å². The van der Waals surface area contributed by atoms with Crippen LogP contribution in [-0.2, 0) is 16.1 Å². The molecule has 0 N–H and O–H groups in total. The second kappa shape index (κ2) is 6.77. The van der Waals surface area contributed by atoms with Gasteiger partial charge in [0.1, 0.15) is 0 Å². The molecule has 120 valence electrons. The van der Waals surface area contributed by atoms with E-state index in [1.807, 2.05) is 29.2 Å². The number of nitrogens with zero attached hydrogens (tertiary/aromatic N) is 2. The van der Waals surface area contributed by atoms with Gasteiger partial charge in [-0.25, -0.2) is 0 Å². The summed E-state index contributed by atoms with van der Waals surface area (Å²) in [7, 11) is 3.76. The lowest BCUT2D eigenvalue weighted by molar-refractivity contribution is -0.0870. The number of likely N-dealkylation sites (tertiary alicyclic amines) is 1. The lowest BCUT2D eigenvalue weighted by atomic mass is 9.97. The van der Waals surface area contributed by atoms with Crippen molar-refractivity contribution in [2.24, 2.45) is 0 Å². The molecule has 0 spiro atoms. The fourth-order valence-electron chi connectivity index (χ4n) is 3.45. The number of rotatable bonds is 3. The highest BCUT2D eigenvalue weighted by atomic mass is 16.5. The number of carbonyl (C=O) groups excluding carboxylic acids is 1. The molecule has 1 amide bonds. The summed E-state index contributed by atoms with van der Waals surface area (Å²) in [4.78, 5) is 17.3. The van der Waals surface area contributed by atoms with E-state index in [2.05, 4.69) is 11.9 Å². The van der Waals surface area contributed by atoms with Crippen LogP contribution in [0.4, 0.5) is 0 Å². The van der Waals surface area contributed by atoms with Crippen molar-refractivity contribution in [3.05, 3.63) is 35.4 Å². The minimum absolute atomic E-state index is 0.0984. The summed E-state index contributed by atoms with van der Waals surface area (Å²) >= 11 is 0. The molecule has 22 heavy (non-hydrogen) atoms. The zero-order chi connectivity index (χ0) is 15.5. The third-order valence-corrected chi connectivity index (χ3v) is 4.60. The van der Waals surface area contributed by atoms with E-state index >= 15 is 0 Å². The maximum Gasteiger partial charge on any atom is 0.254 e. The molecule has 2 heterocycles. The molecule has 0 radical (unpaired) electrons. The average molecular weight is 304 g/mol. The summed E-state index contributed by atoms with van der Waals surface area (Å²) in [5.41, 5.74) is 1.69. The van der Waals surface area contributed by atoms with Crippen molar-refractivity contribution in [3.63, 3.8) is 0 Å². The number of amides is 1. The van der Waals surface area contributed by atoms with E-state index in [0.29, 0.717) is 19.8 Å². The zero-order valence-electron chi connectivity index (χ0n) is 13.3. The molecule has 2 aliphatic rings. The fourth-order valence-corrected chi connectivity index (χ4v) is 3.45. The van der Waals surface area contributed by atoms with Gasteiger partial charge in [0.05, 0.1) is 25.4 Å². The Hall–Kier alpha value is -1.43. The number of fused-ring (bicyclic) bond motifs is 1. The lowest BCUT2D eigenvalue weighted by Gasteiger charge is -2.46. The molecule has 5 heteroatoms. The molecule has 2 fully saturated rings. The second-order valence-corrected chi connectivity index (χ2v) is 6.12. The maximum absolute atomic E-state index is 13.1. The molecule has 0 saturated carbocycles. The van der Waals surface area contributed by atoms with Crippen LogP contribution >= 0.6 is 0 Å². The highest BCUT2D eigenvalue weighted by Crippen LogP contribution is 2.25. The number of carbonyl (C=O) groups is 1. The molecule has 0 bridgehead atoms. The van der Waals surface area contributed by atoms with E-state index in [1.165, 1.54) is 0 Å². The van der Waals surface area contributed by atoms with E-state index in [9.17, 15) is 4.79 Å². The molecule has 1 aromatic rings. The van der Waals surface area contributed by atoms with E-state index < -0.39 is 0 Å². The van der Waals surface area contributed by atoms with Crippen molar-refractivity contribution in [2.45, 2.75) is 25.2 Å². The summed E-state index contributed by atoms with van der Waals surface area (Å²) < 4.78 is 11.1. The van der Waals surface area contributed by atoms with Crippen molar-refractivity contribution < 1.29 is 14.3 Å². The van der Waals surface area contributed by atoms with Gasteiger partial charge in [0, 0.05) is 32.3 Å². The van der Waals surface area contributed by atoms with E-state index in [1.54, 1.807) is 7.11 Å². The summed E-state index contributed by atoms with van der Waals surface area (Å²) in [5, 5.41) is 0. The number of likely N-dealkylation sites (N-methyl/N-ethyl adjacent to an activating group) is 1. The van der Waals surface area contributed by atoms with Gasteiger partial charge in [-0.15, -0.1) is 0 Å². The maximum atomic E-state index is 13.1. The number of morpholine rings is 1. The van der Waals surface area contributed by atoms with Gasteiger partial charge in [0.15, 0.2) is 0 Å². The quantitative estimate of drug-likeness (QED) is 0.846. The van der Waals surface area contributed by atoms with Crippen LogP contribution in [0.2, 0.25) is 0 Å². The smallest absolute Gasteiger partial charge is 0.254 e. The molecule has 2 atom stereocenters. The monoisotopic (exact) mass is 304 g/mol. The van der Waals surface area contributed by atoms with Gasteiger partial charge in [0.2, 0.25) is 0 Å². The summed E-state index contributed by atoms with van der Waals surface area (Å²) in [6, 6.07) is 7.87. The van der Waals surface area contributed by atoms with Gasteiger partial charge in [-0.05, 0) is 25.1 Å². The average Bonchev–Trinajstić information content (AvgIpc) is 2.54. The normalized spacial score (nSPS) is 25.8. The van der Waals surface area contributed by atoms with E-state index in [4.69, 9.17) is 9.47 Å². The molecule has 1 aromatic carbocycles. The van der Waals surface area contributed by atoms with Gasteiger partial charge < -0.3 is 19.3 Å². The first-order valence-corrected chi connectivity index (χ1v) is 7.88. The first-order chi connectivity index (χ1) is 10.7. The molecule has 0 aromatic heterocycles. The Morgan fingerprint density at radius 2 is 2.18 bits per heavy atom. The first kappa shape index (κ1) is 15.5. The Kier molecular flexibility index (Phi) is 4.76. The third kappa shape index (κ3) is 3.02. The van der Waals surface area contributed by atoms with Crippen molar-refractivity contribution in [1.82, 2.24) is 9.80 Å². The van der Waals surface area contributed by atoms with Crippen molar-refractivity contribution in [2.75, 3.05) is 40.4 Å². The molecule has 2 aliphatic heterocycles. The number of ether oxygens (including phenoxy) is 2. The van der Waals surface area contributed by atoms with Crippen molar-refractivity contribution in [1.29, 1.82) is 0 Å². The molecule has 3 rings (SSSR count). The van der Waals surface area contributed by atoms with Crippen LogP contribution < -0.4 is 0 Å². The molecule has 5 nitrogen and oxygen atoms in total. The van der Waals surface area contributed by atoms with Crippen LogP contribution in [0.25, 0.3) is 0 Å². The Morgan fingerprint density at radius 1 is 1.36 bits per heavy atom. The van der Waals surface area contributed by atoms with Crippen molar-refractivity contribution in [3.8, 4) is 0 Å². The number of hydrogen-bond donors (Lipinski definition) is 0. The molecular weight excluding hydrogens is 280 g/mol. The van der Waals surface area contributed by atoms with Gasteiger partial charge in [-0.1, -0.05) is 18.2 Å². The number of hydrogen-bond acceptors (Lipinski definition) is 4. The zero-order valence-corrected chi connectivity index (χ0v) is 13.3. The Labute approximate surface area is 131 Å². The molecule has 0 aliphatic carbocycles. The van der Waals surface area contributed by atoms with Crippen LogP contribution in [0.3, 0.4) is 0 Å². The van der Waals surface area contributed by atoms with Gasteiger partial charge in [0.25, 0.3) is 5.91 Å². The molecular formula is C17H24N2O3. The summed E-state index contributed by atoms with van der Waals surface area (Å²) in [6.45, 7) is 3.66. The highest BCUT2D eigenvalue weighted by molar-refractivity contribution is 5.96. The fraction of sp³-hybridized carbons (Fsp3) is 0.588. The predicted molar refractivity (Wildman–Crippen MR) is 83.8 cm³/mol. The lowest BCUT2D eigenvalue weighted by Crippen LogP contribution is -2.60. The number of methoxy groups -OCH3 is 1. The standard InChI is InChI=1S/C17H24N2O3/c1-18-8-7-16-15(11-18)19(9-10-22-16)17(20)14-6-4-3-5-13(14)12-21-2/h3-6,15-16H,7-12H2,1-2H3/t15-,16-/m1/s1. The number of benzene rings is 1. The Morgan fingerprint density at radius 3 is 3.00 bits per heavy atom. The first-order valence-electron chi connectivity index (χ1n) is 7.88. The van der Waals surface area contributed by atoms with Crippen molar-refractivity contribution >= 4 is 5.91 Å². The Balaban J connectivity index is 1.84. The minimum Gasteiger partial charge on any atom is -0.380 e. The van der Waals surface area contributed by atoms with Crippen LogP contribution in [0.15, 0.2) is 24.3 Å². The van der Waals surface area contributed by atoms with Crippen LogP contribution in [-0.4, -0.2) is 68.3 Å². The van der Waals surface area contributed by atoms with Crippen LogP contribution in [0.5, 0.6) is 0 Å². The topological polar surface area (TPSA) is 42.0 Å². The molecule has 0 unspecified atom stereocenters. The van der Waals surface area contributed by atoms with Gasteiger partial charge in [-0.2, -0.15) is 0 Å². The highest BCUT2D eigenvalue weighted by Gasteiger charge is 2.38. The third-order valence-electron chi connectivity index (χ3n) is 4.60. The van der Waals surface area contributed by atoms with E-state index in [-0.39, 0.29) is 18.1 Å². The van der Waals surface area contributed by atoms with Crippen LogP contribution in [0.1, 0.15) is 22.3 Å².